The Bertz CT molecular complexity index is 404. The molecule has 0 saturated heterocycles. The van der Waals surface area contributed by atoms with E-state index in [0.717, 1.165) is 31.6 Å². The van der Waals surface area contributed by atoms with Crippen LogP contribution >= 0.6 is 0 Å². The summed E-state index contributed by atoms with van der Waals surface area (Å²) in [6.45, 7) is 5.35. The lowest BCUT2D eigenvalue weighted by Gasteiger charge is -2.26. The van der Waals surface area contributed by atoms with Gasteiger partial charge in [-0.05, 0) is 38.6 Å². The predicted octanol–water partition coefficient (Wildman–Crippen LogP) is 2.95. The first kappa shape index (κ1) is 14.4. The van der Waals surface area contributed by atoms with E-state index in [0.29, 0.717) is 6.04 Å². The van der Waals surface area contributed by atoms with Crippen LogP contribution in [0.1, 0.15) is 68.8 Å². The van der Waals surface area contributed by atoms with Crippen LogP contribution < -0.4 is 5.32 Å². The minimum Gasteiger partial charge on any atom is -0.373 e. The Labute approximate surface area is 116 Å². The third kappa shape index (κ3) is 3.31. The lowest BCUT2D eigenvalue weighted by Crippen LogP contribution is -2.27. The van der Waals surface area contributed by atoms with E-state index in [2.05, 4.69) is 24.1 Å². The zero-order chi connectivity index (χ0) is 13.7. The molecule has 1 N–H and O–H groups in total. The lowest BCUT2D eigenvalue weighted by atomic mass is 9.92. The van der Waals surface area contributed by atoms with Crippen molar-refractivity contribution in [2.75, 3.05) is 13.7 Å². The van der Waals surface area contributed by atoms with Gasteiger partial charge in [-0.3, -0.25) is 0 Å². The molecule has 106 valence electrons. The molecule has 0 aromatic carbocycles. The second-order valence-corrected chi connectivity index (χ2v) is 5.16. The van der Waals surface area contributed by atoms with Gasteiger partial charge in [-0.25, -0.2) is 9.97 Å². The van der Waals surface area contributed by atoms with Gasteiger partial charge in [-0.1, -0.05) is 13.8 Å². The summed E-state index contributed by atoms with van der Waals surface area (Å²) in [5.74, 6) is 0.833. The van der Waals surface area contributed by atoms with Crippen LogP contribution in [0, 0.1) is 0 Å². The molecule has 0 aliphatic heterocycles. The molecule has 2 unspecified atom stereocenters. The van der Waals surface area contributed by atoms with Crippen LogP contribution in [-0.4, -0.2) is 23.6 Å². The minimum atomic E-state index is 0.0225. The highest BCUT2D eigenvalue weighted by atomic mass is 16.5. The second kappa shape index (κ2) is 6.96. The Hall–Kier alpha value is -1.00. The maximum Gasteiger partial charge on any atom is 0.157 e. The van der Waals surface area contributed by atoms with Crippen molar-refractivity contribution in [1.29, 1.82) is 0 Å². The molecule has 2 atom stereocenters. The summed E-state index contributed by atoms with van der Waals surface area (Å²) in [5, 5.41) is 3.59. The van der Waals surface area contributed by atoms with Gasteiger partial charge in [0.2, 0.25) is 0 Å². The molecular weight excluding hydrogens is 238 g/mol. The summed E-state index contributed by atoms with van der Waals surface area (Å²) in [6.07, 6.45) is 7.56. The van der Waals surface area contributed by atoms with E-state index in [-0.39, 0.29) is 6.10 Å². The highest BCUT2D eigenvalue weighted by Gasteiger charge is 2.23. The van der Waals surface area contributed by atoms with Crippen LogP contribution in [0.25, 0.3) is 0 Å². The smallest absolute Gasteiger partial charge is 0.157 e. The van der Waals surface area contributed by atoms with Gasteiger partial charge < -0.3 is 10.1 Å². The number of rotatable bonds is 6. The molecule has 4 nitrogen and oxygen atoms in total. The SMILES string of the molecule is CCCNC1CCCc2nc(C(CC)OC)ncc21. The highest BCUT2D eigenvalue weighted by Crippen LogP contribution is 2.29. The largest absolute Gasteiger partial charge is 0.373 e. The Morgan fingerprint density at radius 2 is 2.32 bits per heavy atom. The first-order valence-electron chi connectivity index (χ1n) is 7.42. The maximum atomic E-state index is 5.43. The van der Waals surface area contributed by atoms with E-state index < -0.39 is 0 Å². The van der Waals surface area contributed by atoms with Gasteiger partial charge in [0.05, 0.1) is 0 Å². The van der Waals surface area contributed by atoms with E-state index in [1.807, 2.05) is 6.20 Å². The van der Waals surface area contributed by atoms with Crippen LogP contribution in [0.15, 0.2) is 6.20 Å². The zero-order valence-electron chi connectivity index (χ0n) is 12.3. The van der Waals surface area contributed by atoms with E-state index in [1.54, 1.807) is 7.11 Å². The number of aromatic nitrogens is 2. The first-order valence-corrected chi connectivity index (χ1v) is 7.42. The molecule has 0 fully saturated rings. The average Bonchev–Trinajstić information content (AvgIpc) is 2.46. The second-order valence-electron chi connectivity index (χ2n) is 5.16. The molecule has 2 rings (SSSR count). The number of nitrogens with zero attached hydrogens (tertiary/aromatic N) is 2. The monoisotopic (exact) mass is 263 g/mol. The van der Waals surface area contributed by atoms with E-state index in [4.69, 9.17) is 9.72 Å². The van der Waals surface area contributed by atoms with Gasteiger partial charge in [0, 0.05) is 30.6 Å². The number of aryl methyl sites for hydroxylation is 1. The van der Waals surface area contributed by atoms with Crippen LogP contribution in [-0.2, 0) is 11.2 Å². The van der Waals surface area contributed by atoms with E-state index in [9.17, 15) is 0 Å². The van der Waals surface area contributed by atoms with Crippen molar-refractivity contribution in [1.82, 2.24) is 15.3 Å². The Balaban J connectivity index is 2.20. The van der Waals surface area contributed by atoms with Gasteiger partial charge in [-0.15, -0.1) is 0 Å². The molecule has 0 amide bonds. The molecule has 0 radical (unpaired) electrons. The van der Waals surface area contributed by atoms with Gasteiger partial charge in [0.1, 0.15) is 6.10 Å². The number of ether oxygens (including phenoxy) is 1. The summed E-state index contributed by atoms with van der Waals surface area (Å²) >= 11 is 0. The third-order valence-electron chi connectivity index (χ3n) is 3.78. The summed E-state index contributed by atoms with van der Waals surface area (Å²) in [5.41, 5.74) is 2.50. The van der Waals surface area contributed by atoms with E-state index in [1.165, 1.54) is 24.1 Å². The summed E-state index contributed by atoms with van der Waals surface area (Å²) < 4.78 is 5.43. The van der Waals surface area contributed by atoms with Crippen molar-refractivity contribution < 1.29 is 4.74 Å². The first-order chi connectivity index (χ1) is 9.30. The number of hydrogen-bond donors (Lipinski definition) is 1. The highest BCUT2D eigenvalue weighted by molar-refractivity contribution is 5.25. The zero-order valence-corrected chi connectivity index (χ0v) is 12.3. The fraction of sp³-hybridized carbons (Fsp3) is 0.733. The average molecular weight is 263 g/mol. The molecule has 1 aliphatic carbocycles. The van der Waals surface area contributed by atoms with Crippen molar-refractivity contribution in [3.05, 3.63) is 23.3 Å². The Morgan fingerprint density at radius 1 is 1.47 bits per heavy atom. The molecule has 0 spiro atoms. The number of hydrogen-bond acceptors (Lipinski definition) is 4. The lowest BCUT2D eigenvalue weighted by molar-refractivity contribution is 0.0922. The molecular formula is C15H25N3O. The predicted molar refractivity (Wildman–Crippen MR) is 76.0 cm³/mol. The summed E-state index contributed by atoms with van der Waals surface area (Å²) in [7, 11) is 1.72. The molecule has 0 bridgehead atoms. The molecule has 4 heteroatoms. The van der Waals surface area contributed by atoms with Crippen molar-refractivity contribution >= 4 is 0 Å². The van der Waals surface area contributed by atoms with Crippen LogP contribution in [0.2, 0.25) is 0 Å². The molecule has 1 aromatic heterocycles. The van der Waals surface area contributed by atoms with Crippen LogP contribution in [0.5, 0.6) is 0 Å². The van der Waals surface area contributed by atoms with Crippen molar-refractivity contribution in [2.45, 2.75) is 58.1 Å². The minimum absolute atomic E-state index is 0.0225. The normalized spacial score (nSPS) is 20.1. The van der Waals surface area contributed by atoms with Crippen molar-refractivity contribution in [2.24, 2.45) is 0 Å². The standard InChI is InChI=1S/C15H25N3O/c1-4-9-16-12-7-6-8-13-11(12)10-17-15(18-13)14(5-2)19-3/h10,12,14,16H,4-9H2,1-3H3. The molecule has 1 aliphatic rings. The van der Waals surface area contributed by atoms with Crippen molar-refractivity contribution in [3.8, 4) is 0 Å². The van der Waals surface area contributed by atoms with Gasteiger partial charge in [0.15, 0.2) is 5.82 Å². The Morgan fingerprint density at radius 3 is 3.00 bits per heavy atom. The maximum absolute atomic E-state index is 5.43. The number of nitrogens with one attached hydrogen (secondary N) is 1. The Kier molecular flexibility index (Phi) is 5.28. The number of methoxy groups -OCH3 is 1. The fourth-order valence-electron chi connectivity index (χ4n) is 2.70. The third-order valence-corrected chi connectivity index (χ3v) is 3.78. The molecule has 0 saturated carbocycles. The van der Waals surface area contributed by atoms with Crippen LogP contribution in [0.4, 0.5) is 0 Å². The van der Waals surface area contributed by atoms with Crippen molar-refractivity contribution in [3.63, 3.8) is 0 Å². The fourth-order valence-corrected chi connectivity index (χ4v) is 2.70. The molecule has 1 heterocycles. The quantitative estimate of drug-likeness (QED) is 0.857. The van der Waals surface area contributed by atoms with Gasteiger partial charge in [0.25, 0.3) is 0 Å². The molecule has 1 aromatic rings. The summed E-state index contributed by atoms with van der Waals surface area (Å²) in [4.78, 5) is 9.25. The van der Waals surface area contributed by atoms with Crippen LogP contribution in [0.3, 0.4) is 0 Å². The molecule has 19 heavy (non-hydrogen) atoms. The van der Waals surface area contributed by atoms with Gasteiger partial charge in [-0.2, -0.15) is 0 Å². The van der Waals surface area contributed by atoms with E-state index >= 15 is 0 Å². The van der Waals surface area contributed by atoms with Gasteiger partial charge >= 0.3 is 0 Å². The number of fused-ring (bicyclic) bond motifs is 1. The summed E-state index contributed by atoms with van der Waals surface area (Å²) in [6, 6.07) is 0.431. The topological polar surface area (TPSA) is 47.0 Å².